The van der Waals surface area contributed by atoms with Crippen molar-refractivity contribution in [3.8, 4) is 0 Å². The summed E-state index contributed by atoms with van der Waals surface area (Å²) in [6.45, 7) is 4.32. The summed E-state index contributed by atoms with van der Waals surface area (Å²) in [5, 5.41) is 0. The van der Waals surface area contributed by atoms with Gasteiger partial charge in [-0.3, -0.25) is 0 Å². The van der Waals surface area contributed by atoms with E-state index in [0.717, 1.165) is 30.6 Å². The fraction of sp³-hybridized carbons (Fsp3) is 0.562. The van der Waals surface area contributed by atoms with Crippen LogP contribution in [0.4, 0.5) is 11.4 Å². The van der Waals surface area contributed by atoms with Crippen molar-refractivity contribution in [2.24, 2.45) is 11.8 Å². The second kappa shape index (κ2) is 5.35. The summed E-state index contributed by atoms with van der Waals surface area (Å²) in [6, 6.07) is 5.65. The molecule has 2 fully saturated rings. The molecule has 4 heteroatoms. The quantitative estimate of drug-likeness (QED) is 0.680. The lowest BCUT2D eigenvalue weighted by Crippen LogP contribution is -2.23. The number of para-hydroxylation sites is 1. The molecule has 3 rings (SSSR count). The molecular weight excluding hydrogens is 252 g/mol. The highest BCUT2D eigenvalue weighted by molar-refractivity contribution is 5.98. The van der Waals surface area contributed by atoms with Crippen molar-refractivity contribution in [2.45, 2.75) is 26.2 Å². The predicted octanol–water partition coefficient (Wildman–Crippen LogP) is 2.68. The maximum Gasteiger partial charge on any atom is 0.340 e. The van der Waals surface area contributed by atoms with E-state index in [-0.39, 0.29) is 5.97 Å². The van der Waals surface area contributed by atoms with Crippen LogP contribution in [0.5, 0.6) is 0 Å². The van der Waals surface area contributed by atoms with Crippen LogP contribution in [0.3, 0.4) is 0 Å². The van der Waals surface area contributed by atoms with E-state index in [0.29, 0.717) is 17.9 Å². The SMILES string of the molecule is CCOC(=O)c1cccc(N2CC3CCCC3C2)c1N. The van der Waals surface area contributed by atoms with E-state index in [1.165, 1.54) is 19.3 Å². The van der Waals surface area contributed by atoms with E-state index >= 15 is 0 Å². The fourth-order valence-corrected chi connectivity index (χ4v) is 3.65. The van der Waals surface area contributed by atoms with Gasteiger partial charge in [-0.2, -0.15) is 0 Å². The van der Waals surface area contributed by atoms with Crippen molar-refractivity contribution in [2.75, 3.05) is 30.3 Å². The predicted molar refractivity (Wildman–Crippen MR) is 79.9 cm³/mol. The third-order valence-electron chi connectivity index (χ3n) is 4.65. The van der Waals surface area contributed by atoms with Gasteiger partial charge >= 0.3 is 5.97 Å². The molecule has 1 aliphatic heterocycles. The number of esters is 1. The van der Waals surface area contributed by atoms with E-state index in [2.05, 4.69) is 4.90 Å². The molecule has 0 amide bonds. The van der Waals surface area contributed by atoms with Gasteiger partial charge in [0.05, 0.1) is 23.5 Å². The van der Waals surface area contributed by atoms with Gasteiger partial charge in [0.1, 0.15) is 0 Å². The third kappa shape index (κ3) is 2.23. The highest BCUT2D eigenvalue weighted by Crippen LogP contribution is 2.41. The standard InChI is InChI=1S/C16H22N2O2/c1-2-20-16(19)13-7-4-8-14(15(13)17)18-9-11-5-3-6-12(11)10-18/h4,7-8,11-12H,2-3,5-6,9-10,17H2,1H3. The van der Waals surface area contributed by atoms with E-state index in [9.17, 15) is 4.79 Å². The average Bonchev–Trinajstić information content (AvgIpc) is 3.00. The van der Waals surface area contributed by atoms with Gasteiger partial charge in [-0.05, 0) is 43.7 Å². The number of ether oxygens (including phenoxy) is 1. The van der Waals surface area contributed by atoms with E-state index in [1.807, 2.05) is 12.1 Å². The van der Waals surface area contributed by atoms with Crippen LogP contribution < -0.4 is 10.6 Å². The number of nitrogen functional groups attached to an aromatic ring is 1. The maximum absolute atomic E-state index is 11.9. The first-order chi connectivity index (χ1) is 9.70. The average molecular weight is 274 g/mol. The van der Waals surface area contributed by atoms with Crippen LogP contribution >= 0.6 is 0 Å². The fourth-order valence-electron chi connectivity index (χ4n) is 3.65. The van der Waals surface area contributed by atoms with Crippen molar-refractivity contribution in [3.05, 3.63) is 23.8 Å². The molecule has 1 aromatic rings. The number of rotatable bonds is 3. The molecular formula is C16H22N2O2. The van der Waals surface area contributed by atoms with E-state index in [1.54, 1.807) is 13.0 Å². The minimum atomic E-state index is -0.328. The monoisotopic (exact) mass is 274 g/mol. The number of nitrogens with two attached hydrogens (primary N) is 1. The smallest absolute Gasteiger partial charge is 0.340 e. The molecule has 108 valence electrons. The number of benzene rings is 1. The van der Waals surface area contributed by atoms with Crippen LogP contribution in [0.1, 0.15) is 36.5 Å². The third-order valence-corrected chi connectivity index (χ3v) is 4.65. The molecule has 1 aromatic carbocycles. The first-order valence-electron chi connectivity index (χ1n) is 7.51. The van der Waals surface area contributed by atoms with Gasteiger partial charge in [0.15, 0.2) is 0 Å². The van der Waals surface area contributed by atoms with Gasteiger partial charge in [-0.15, -0.1) is 0 Å². The lowest BCUT2D eigenvalue weighted by atomic mass is 10.0. The Bertz CT molecular complexity index is 503. The molecule has 0 bridgehead atoms. The first-order valence-corrected chi connectivity index (χ1v) is 7.51. The molecule has 1 heterocycles. The number of hydrogen-bond donors (Lipinski definition) is 1. The zero-order chi connectivity index (χ0) is 14.1. The Labute approximate surface area is 119 Å². The largest absolute Gasteiger partial charge is 0.462 e. The minimum absolute atomic E-state index is 0.328. The van der Waals surface area contributed by atoms with Crippen LogP contribution in [-0.4, -0.2) is 25.7 Å². The molecule has 2 aliphatic rings. The molecule has 2 N–H and O–H groups in total. The van der Waals surface area contributed by atoms with Gasteiger partial charge in [0, 0.05) is 13.1 Å². The Balaban J connectivity index is 1.84. The number of hydrogen-bond acceptors (Lipinski definition) is 4. The number of anilines is 2. The van der Waals surface area contributed by atoms with E-state index in [4.69, 9.17) is 10.5 Å². The summed E-state index contributed by atoms with van der Waals surface area (Å²) in [7, 11) is 0. The number of nitrogens with zero attached hydrogens (tertiary/aromatic N) is 1. The molecule has 1 aliphatic carbocycles. The van der Waals surface area contributed by atoms with Crippen molar-refractivity contribution >= 4 is 17.3 Å². The Kier molecular flexibility index (Phi) is 3.55. The molecule has 0 radical (unpaired) electrons. The van der Waals surface area contributed by atoms with Crippen molar-refractivity contribution in [3.63, 3.8) is 0 Å². The topological polar surface area (TPSA) is 55.6 Å². The van der Waals surface area contributed by atoms with Gasteiger partial charge in [0.25, 0.3) is 0 Å². The summed E-state index contributed by atoms with van der Waals surface area (Å²) in [5.41, 5.74) is 8.24. The first kappa shape index (κ1) is 13.3. The van der Waals surface area contributed by atoms with Crippen LogP contribution in [0.25, 0.3) is 0 Å². The molecule has 0 aromatic heterocycles. The number of carbonyl (C=O) groups is 1. The van der Waals surface area contributed by atoms with Crippen molar-refractivity contribution in [1.29, 1.82) is 0 Å². The molecule has 2 atom stereocenters. The summed E-state index contributed by atoms with van der Waals surface area (Å²) in [6.07, 6.45) is 4.03. The molecule has 4 nitrogen and oxygen atoms in total. The van der Waals surface area contributed by atoms with Crippen molar-refractivity contribution in [1.82, 2.24) is 0 Å². The Morgan fingerprint density at radius 3 is 2.70 bits per heavy atom. The highest BCUT2D eigenvalue weighted by atomic mass is 16.5. The van der Waals surface area contributed by atoms with Crippen LogP contribution in [0.15, 0.2) is 18.2 Å². The van der Waals surface area contributed by atoms with Crippen LogP contribution in [-0.2, 0) is 4.74 Å². The second-order valence-electron chi connectivity index (χ2n) is 5.81. The normalized spacial score (nSPS) is 24.8. The lowest BCUT2D eigenvalue weighted by molar-refractivity contribution is 0.0527. The summed E-state index contributed by atoms with van der Waals surface area (Å²) < 4.78 is 5.06. The Hall–Kier alpha value is -1.71. The van der Waals surface area contributed by atoms with Crippen molar-refractivity contribution < 1.29 is 9.53 Å². The van der Waals surface area contributed by atoms with Gasteiger partial charge in [-0.25, -0.2) is 4.79 Å². The molecule has 20 heavy (non-hydrogen) atoms. The zero-order valence-corrected chi connectivity index (χ0v) is 12.0. The number of carbonyl (C=O) groups excluding carboxylic acids is 1. The molecule has 1 saturated heterocycles. The zero-order valence-electron chi connectivity index (χ0n) is 12.0. The van der Waals surface area contributed by atoms with Crippen LogP contribution in [0.2, 0.25) is 0 Å². The molecule has 0 spiro atoms. The van der Waals surface area contributed by atoms with E-state index < -0.39 is 0 Å². The Morgan fingerprint density at radius 2 is 2.05 bits per heavy atom. The molecule has 1 saturated carbocycles. The van der Waals surface area contributed by atoms with Gasteiger partial charge in [0.2, 0.25) is 0 Å². The van der Waals surface area contributed by atoms with Crippen LogP contribution in [0, 0.1) is 11.8 Å². The molecule has 2 unspecified atom stereocenters. The Morgan fingerprint density at radius 1 is 1.35 bits per heavy atom. The summed E-state index contributed by atoms with van der Waals surface area (Å²) >= 11 is 0. The lowest BCUT2D eigenvalue weighted by Gasteiger charge is -2.22. The second-order valence-corrected chi connectivity index (χ2v) is 5.81. The van der Waals surface area contributed by atoms with Gasteiger partial charge in [-0.1, -0.05) is 12.5 Å². The minimum Gasteiger partial charge on any atom is -0.462 e. The summed E-state index contributed by atoms with van der Waals surface area (Å²) in [5.74, 6) is 1.28. The van der Waals surface area contributed by atoms with Gasteiger partial charge < -0.3 is 15.4 Å². The maximum atomic E-state index is 11.9. The highest BCUT2D eigenvalue weighted by Gasteiger charge is 2.36. The number of fused-ring (bicyclic) bond motifs is 1. The summed E-state index contributed by atoms with van der Waals surface area (Å²) in [4.78, 5) is 14.2.